The van der Waals surface area contributed by atoms with Gasteiger partial charge in [0.1, 0.15) is 0 Å². The Bertz CT molecular complexity index is 424. The maximum Gasteiger partial charge on any atom is 0.323 e. The normalized spacial score (nSPS) is 16.9. The summed E-state index contributed by atoms with van der Waals surface area (Å²) in [6, 6.07) is 0.301. The van der Waals surface area contributed by atoms with Crippen LogP contribution in [0.25, 0.3) is 0 Å². The molecule has 2 rings (SSSR count). The Balaban J connectivity index is 2.14. The molecule has 1 aromatic rings. The molecule has 0 aliphatic carbocycles. The van der Waals surface area contributed by atoms with Gasteiger partial charge in [0.05, 0.1) is 19.3 Å². The van der Waals surface area contributed by atoms with Crippen molar-refractivity contribution < 1.29 is 9.47 Å². The Morgan fingerprint density at radius 1 is 1.35 bits per heavy atom. The third-order valence-electron chi connectivity index (χ3n) is 3.03. The zero-order valence-electron chi connectivity index (χ0n) is 12.0. The second kappa shape index (κ2) is 7.20. The van der Waals surface area contributed by atoms with Crippen molar-refractivity contribution in [1.29, 1.82) is 0 Å². The van der Waals surface area contributed by atoms with Crippen molar-refractivity contribution in [3.63, 3.8) is 0 Å². The number of nitrogen functional groups attached to an aromatic ring is 1. The molecule has 0 saturated carbocycles. The summed E-state index contributed by atoms with van der Waals surface area (Å²) in [6.45, 7) is 6.94. The first-order valence-corrected chi connectivity index (χ1v) is 6.95. The Morgan fingerprint density at radius 3 is 2.75 bits per heavy atom. The second-order valence-electron chi connectivity index (χ2n) is 4.70. The molecule has 3 N–H and O–H groups in total. The largest absolute Gasteiger partial charge is 0.460 e. The lowest BCUT2D eigenvalue weighted by Gasteiger charge is -2.27. The van der Waals surface area contributed by atoms with Crippen LogP contribution in [0.15, 0.2) is 0 Å². The van der Waals surface area contributed by atoms with E-state index in [1.807, 2.05) is 11.8 Å². The molecule has 0 bridgehead atoms. The second-order valence-corrected chi connectivity index (χ2v) is 4.70. The van der Waals surface area contributed by atoms with E-state index in [9.17, 15) is 0 Å². The standard InChI is InChI=1S/C12H22N6O2/c1-3-4-9(2)20-12-15-10(17-13)14-11(16-12)18-5-7-19-8-6-18/h9H,3-8,13H2,1-2H3,(H,14,15,16,17). The molecule has 0 amide bonds. The predicted octanol–water partition coefficient (Wildman–Crippen LogP) is 0.561. The van der Waals surface area contributed by atoms with Gasteiger partial charge in [-0.05, 0) is 13.3 Å². The van der Waals surface area contributed by atoms with E-state index in [0.717, 1.165) is 25.9 Å². The van der Waals surface area contributed by atoms with Gasteiger partial charge in [-0.2, -0.15) is 15.0 Å². The molecule has 8 nitrogen and oxygen atoms in total. The molecule has 0 spiro atoms. The van der Waals surface area contributed by atoms with Crippen LogP contribution in [0.1, 0.15) is 26.7 Å². The number of hydrazine groups is 1. The zero-order chi connectivity index (χ0) is 14.4. The van der Waals surface area contributed by atoms with Crippen molar-refractivity contribution in [2.24, 2.45) is 5.84 Å². The Hall–Kier alpha value is -1.67. The quantitative estimate of drug-likeness (QED) is 0.577. The van der Waals surface area contributed by atoms with Gasteiger partial charge >= 0.3 is 6.01 Å². The molecule has 0 radical (unpaired) electrons. The highest BCUT2D eigenvalue weighted by atomic mass is 16.5. The topological polar surface area (TPSA) is 98.4 Å². The fourth-order valence-electron chi connectivity index (χ4n) is 2.01. The highest BCUT2D eigenvalue weighted by Gasteiger charge is 2.17. The Morgan fingerprint density at radius 2 is 2.10 bits per heavy atom. The van der Waals surface area contributed by atoms with Gasteiger partial charge in [0, 0.05) is 13.1 Å². The lowest BCUT2D eigenvalue weighted by atomic mass is 10.2. The highest BCUT2D eigenvalue weighted by Crippen LogP contribution is 2.17. The summed E-state index contributed by atoms with van der Waals surface area (Å²) in [4.78, 5) is 14.8. The minimum absolute atomic E-state index is 0.0607. The number of nitrogens with one attached hydrogen (secondary N) is 1. The van der Waals surface area contributed by atoms with E-state index in [-0.39, 0.29) is 6.10 Å². The van der Waals surface area contributed by atoms with E-state index in [4.69, 9.17) is 15.3 Å². The van der Waals surface area contributed by atoms with Gasteiger partial charge in [0.25, 0.3) is 0 Å². The number of rotatable bonds is 6. The number of hydrogen-bond acceptors (Lipinski definition) is 8. The first-order valence-electron chi connectivity index (χ1n) is 6.95. The highest BCUT2D eigenvalue weighted by molar-refractivity contribution is 5.38. The average molecular weight is 282 g/mol. The van der Waals surface area contributed by atoms with Gasteiger partial charge in [0.15, 0.2) is 0 Å². The molecule has 1 aliphatic rings. The molecule has 1 fully saturated rings. The number of ether oxygens (including phenoxy) is 2. The molecule has 8 heteroatoms. The molecule has 1 atom stereocenters. The Kier molecular flexibility index (Phi) is 5.31. The summed E-state index contributed by atoms with van der Waals surface area (Å²) < 4.78 is 11.0. The molecule has 1 unspecified atom stereocenters. The summed E-state index contributed by atoms with van der Waals surface area (Å²) in [6.07, 6.45) is 2.06. The van der Waals surface area contributed by atoms with Gasteiger partial charge in [-0.3, -0.25) is 5.43 Å². The molecular weight excluding hydrogens is 260 g/mol. The van der Waals surface area contributed by atoms with Crippen LogP contribution in [-0.4, -0.2) is 47.4 Å². The van der Waals surface area contributed by atoms with Crippen molar-refractivity contribution >= 4 is 11.9 Å². The number of aromatic nitrogens is 3. The lowest BCUT2D eigenvalue weighted by Crippen LogP contribution is -2.37. The van der Waals surface area contributed by atoms with E-state index < -0.39 is 0 Å². The zero-order valence-corrected chi connectivity index (χ0v) is 12.0. The van der Waals surface area contributed by atoms with Crippen molar-refractivity contribution in [3.8, 4) is 6.01 Å². The van der Waals surface area contributed by atoms with Crippen LogP contribution < -0.4 is 20.9 Å². The summed E-state index contributed by atoms with van der Waals surface area (Å²) >= 11 is 0. The fourth-order valence-corrected chi connectivity index (χ4v) is 2.01. The maximum atomic E-state index is 5.71. The maximum absolute atomic E-state index is 5.71. The third-order valence-corrected chi connectivity index (χ3v) is 3.03. The smallest absolute Gasteiger partial charge is 0.323 e. The number of morpholine rings is 1. The van der Waals surface area contributed by atoms with Gasteiger partial charge in [-0.1, -0.05) is 13.3 Å². The number of hydrogen-bond donors (Lipinski definition) is 2. The van der Waals surface area contributed by atoms with E-state index >= 15 is 0 Å². The minimum Gasteiger partial charge on any atom is -0.460 e. The fraction of sp³-hybridized carbons (Fsp3) is 0.750. The number of nitrogens with two attached hydrogens (primary N) is 1. The minimum atomic E-state index is 0.0607. The lowest BCUT2D eigenvalue weighted by molar-refractivity contribution is 0.121. The van der Waals surface area contributed by atoms with Crippen molar-refractivity contribution in [2.75, 3.05) is 36.6 Å². The summed E-state index contributed by atoms with van der Waals surface area (Å²) in [5.41, 5.74) is 2.45. The number of anilines is 2. The molecule has 1 saturated heterocycles. The van der Waals surface area contributed by atoms with Crippen molar-refractivity contribution in [2.45, 2.75) is 32.8 Å². The van der Waals surface area contributed by atoms with Gasteiger partial charge in [-0.25, -0.2) is 5.84 Å². The Labute approximate surface area is 118 Å². The molecular formula is C12H22N6O2. The molecule has 1 aliphatic heterocycles. The van der Waals surface area contributed by atoms with Gasteiger partial charge in [-0.15, -0.1) is 0 Å². The van der Waals surface area contributed by atoms with Crippen molar-refractivity contribution in [1.82, 2.24) is 15.0 Å². The van der Waals surface area contributed by atoms with E-state index in [1.165, 1.54) is 0 Å². The van der Waals surface area contributed by atoms with E-state index in [0.29, 0.717) is 31.1 Å². The molecule has 20 heavy (non-hydrogen) atoms. The first-order chi connectivity index (χ1) is 9.72. The molecule has 0 aromatic carbocycles. The SMILES string of the molecule is CCCC(C)Oc1nc(NN)nc(N2CCOCC2)n1. The molecule has 1 aromatic heterocycles. The van der Waals surface area contributed by atoms with Crippen LogP contribution in [0.2, 0.25) is 0 Å². The van der Waals surface area contributed by atoms with Crippen LogP contribution in [0, 0.1) is 0 Å². The van der Waals surface area contributed by atoms with E-state index in [2.05, 4.69) is 27.3 Å². The summed E-state index contributed by atoms with van der Waals surface area (Å²) in [5.74, 6) is 6.28. The van der Waals surface area contributed by atoms with Crippen LogP contribution in [0.4, 0.5) is 11.9 Å². The van der Waals surface area contributed by atoms with E-state index in [1.54, 1.807) is 0 Å². The summed E-state index contributed by atoms with van der Waals surface area (Å²) in [7, 11) is 0. The third kappa shape index (κ3) is 3.91. The molecule has 112 valence electrons. The summed E-state index contributed by atoms with van der Waals surface area (Å²) in [5, 5.41) is 0. The average Bonchev–Trinajstić information content (AvgIpc) is 2.48. The van der Waals surface area contributed by atoms with Gasteiger partial charge < -0.3 is 14.4 Å². The predicted molar refractivity (Wildman–Crippen MR) is 75.7 cm³/mol. The first kappa shape index (κ1) is 14.7. The van der Waals surface area contributed by atoms with Crippen LogP contribution in [0.5, 0.6) is 6.01 Å². The van der Waals surface area contributed by atoms with Crippen molar-refractivity contribution in [3.05, 3.63) is 0 Å². The van der Waals surface area contributed by atoms with Crippen LogP contribution in [0.3, 0.4) is 0 Å². The monoisotopic (exact) mass is 282 g/mol. The van der Waals surface area contributed by atoms with Crippen LogP contribution >= 0.6 is 0 Å². The van der Waals surface area contributed by atoms with Crippen LogP contribution in [-0.2, 0) is 4.74 Å². The number of nitrogens with zero attached hydrogens (tertiary/aromatic N) is 4. The molecule has 2 heterocycles. The van der Waals surface area contributed by atoms with Gasteiger partial charge in [0.2, 0.25) is 11.9 Å².